The van der Waals surface area contributed by atoms with Gasteiger partial charge >= 0.3 is 0 Å². The molecule has 1 aliphatic heterocycles. The summed E-state index contributed by atoms with van der Waals surface area (Å²) < 4.78 is 0. The number of nitrogens with one attached hydrogen (secondary N) is 1. The summed E-state index contributed by atoms with van der Waals surface area (Å²) in [5.41, 5.74) is 3.35. The SMILES string of the molecule is CC(C)CNC(=O)c1cncc(C(=O)N2CCc3ccccc3C2)c1. The van der Waals surface area contributed by atoms with E-state index in [1.165, 1.54) is 23.5 Å². The quantitative estimate of drug-likeness (QED) is 0.933. The molecule has 0 saturated carbocycles. The van der Waals surface area contributed by atoms with Crippen molar-refractivity contribution in [2.45, 2.75) is 26.8 Å². The first-order chi connectivity index (χ1) is 12.0. The Morgan fingerprint density at radius 3 is 2.64 bits per heavy atom. The first-order valence-electron chi connectivity index (χ1n) is 8.64. The second-order valence-electron chi connectivity index (χ2n) is 6.81. The van der Waals surface area contributed by atoms with Crippen molar-refractivity contribution in [3.63, 3.8) is 0 Å². The Morgan fingerprint density at radius 1 is 1.16 bits per heavy atom. The number of benzene rings is 1. The molecule has 1 aromatic carbocycles. The maximum absolute atomic E-state index is 12.8. The van der Waals surface area contributed by atoms with Crippen molar-refractivity contribution in [1.29, 1.82) is 0 Å². The molecule has 0 saturated heterocycles. The van der Waals surface area contributed by atoms with Crippen LogP contribution in [0, 0.1) is 5.92 Å². The van der Waals surface area contributed by atoms with E-state index in [1.807, 2.05) is 30.9 Å². The first kappa shape index (κ1) is 17.1. The lowest BCUT2D eigenvalue weighted by molar-refractivity contribution is 0.0734. The highest BCUT2D eigenvalue weighted by atomic mass is 16.2. The molecule has 1 aromatic heterocycles. The lowest BCUT2D eigenvalue weighted by Gasteiger charge is -2.28. The zero-order valence-corrected chi connectivity index (χ0v) is 14.7. The number of carbonyl (C=O) groups is 2. The maximum atomic E-state index is 12.8. The molecular formula is C20H23N3O2. The topological polar surface area (TPSA) is 62.3 Å². The first-order valence-corrected chi connectivity index (χ1v) is 8.64. The Balaban J connectivity index is 1.73. The lowest BCUT2D eigenvalue weighted by atomic mass is 9.99. The summed E-state index contributed by atoms with van der Waals surface area (Å²) in [6.45, 7) is 5.94. The molecule has 2 heterocycles. The highest BCUT2D eigenvalue weighted by molar-refractivity contribution is 5.99. The van der Waals surface area contributed by atoms with Gasteiger partial charge in [-0.3, -0.25) is 14.6 Å². The second-order valence-corrected chi connectivity index (χ2v) is 6.81. The number of nitrogens with zero attached hydrogens (tertiary/aromatic N) is 2. The van der Waals surface area contributed by atoms with E-state index < -0.39 is 0 Å². The Labute approximate surface area is 148 Å². The predicted molar refractivity (Wildman–Crippen MR) is 96.3 cm³/mol. The van der Waals surface area contributed by atoms with E-state index >= 15 is 0 Å². The molecule has 25 heavy (non-hydrogen) atoms. The van der Waals surface area contributed by atoms with Gasteiger partial charge in [0.1, 0.15) is 0 Å². The Bertz CT molecular complexity index is 786. The van der Waals surface area contributed by atoms with Crippen LogP contribution < -0.4 is 5.32 Å². The fourth-order valence-corrected chi connectivity index (χ4v) is 2.93. The van der Waals surface area contributed by atoms with Gasteiger partial charge in [-0.15, -0.1) is 0 Å². The van der Waals surface area contributed by atoms with Crippen LogP contribution in [0.1, 0.15) is 45.7 Å². The number of amides is 2. The van der Waals surface area contributed by atoms with Gasteiger partial charge < -0.3 is 10.2 Å². The Morgan fingerprint density at radius 2 is 1.88 bits per heavy atom. The van der Waals surface area contributed by atoms with Crippen molar-refractivity contribution < 1.29 is 9.59 Å². The standard InChI is InChI=1S/C20H23N3O2/c1-14(2)10-22-19(24)17-9-18(12-21-11-17)20(25)23-8-7-15-5-3-4-6-16(15)13-23/h3-6,9,11-12,14H,7-8,10,13H2,1-2H3,(H,22,24). The molecular weight excluding hydrogens is 314 g/mol. The van der Waals surface area contributed by atoms with Crippen molar-refractivity contribution in [1.82, 2.24) is 15.2 Å². The number of fused-ring (bicyclic) bond motifs is 1. The van der Waals surface area contributed by atoms with Crippen LogP contribution in [0.3, 0.4) is 0 Å². The number of hydrogen-bond acceptors (Lipinski definition) is 3. The maximum Gasteiger partial charge on any atom is 0.255 e. The molecule has 0 spiro atoms. The van der Waals surface area contributed by atoms with Gasteiger partial charge in [-0.2, -0.15) is 0 Å². The summed E-state index contributed by atoms with van der Waals surface area (Å²) in [5.74, 6) is 0.0931. The molecule has 1 aliphatic rings. The van der Waals surface area contributed by atoms with Crippen LogP contribution in [0.5, 0.6) is 0 Å². The summed E-state index contributed by atoms with van der Waals surface area (Å²) in [4.78, 5) is 30.9. The van der Waals surface area contributed by atoms with Crippen LogP contribution >= 0.6 is 0 Å². The van der Waals surface area contributed by atoms with Gasteiger partial charge in [0, 0.05) is 32.0 Å². The van der Waals surface area contributed by atoms with Crippen LogP contribution in [0.2, 0.25) is 0 Å². The van der Waals surface area contributed by atoms with E-state index in [1.54, 1.807) is 6.07 Å². The number of rotatable bonds is 4. The molecule has 5 nitrogen and oxygen atoms in total. The molecule has 2 amide bonds. The van der Waals surface area contributed by atoms with Crippen LogP contribution in [0.15, 0.2) is 42.7 Å². The number of hydrogen-bond donors (Lipinski definition) is 1. The Hall–Kier alpha value is -2.69. The number of carbonyl (C=O) groups excluding carboxylic acids is 2. The fourth-order valence-electron chi connectivity index (χ4n) is 2.93. The molecule has 0 bridgehead atoms. The molecule has 3 rings (SSSR count). The molecule has 0 fully saturated rings. The van der Waals surface area contributed by atoms with Gasteiger partial charge in [0.05, 0.1) is 11.1 Å². The van der Waals surface area contributed by atoms with Crippen molar-refractivity contribution in [2.75, 3.05) is 13.1 Å². The summed E-state index contributed by atoms with van der Waals surface area (Å²) in [5, 5.41) is 2.85. The van der Waals surface area contributed by atoms with E-state index in [0.29, 0.717) is 36.7 Å². The van der Waals surface area contributed by atoms with Gasteiger partial charge in [-0.25, -0.2) is 0 Å². The van der Waals surface area contributed by atoms with Crippen molar-refractivity contribution in [2.24, 2.45) is 5.92 Å². The average Bonchev–Trinajstić information content (AvgIpc) is 2.65. The molecule has 2 aromatic rings. The van der Waals surface area contributed by atoms with Gasteiger partial charge in [-0.1, -0.05) is 38.1 Å². The molecule has 0 atom stereocenters. The van der Waals surface area contributed by atoms with E-state index in [2.05, 4.69) is 22.4 Å². The molecule has 0 unspecified atom stereocenters. The minimum atomic E-state index is -0.195. The monoisotopic (exact) mass is 337 g/mol. The molecule has 0 aliphatic carbocycles. The van der Waals surface area contributed by atoms with Crippen LogP contribution in [-0.4, -0.2) is 34.8 Å². The largest absolute Gasteiger partial charge is 0.352 e. The van der Waals surface area contributed by atoms with E-state index in [0.717, 1.165) is 6.42 Å². The third kappa shape index (κ3) is 4.05. The van der Waals surface area contributed by atoms with E-state index in [9.17, 15) is 9.59 Å². The second kappa shape index (κ2) is 7.47. The smallest absolute Gasteiger partial charge is 0.255 e. The zero-order chi connectivity index (χ0) is 17.8. The number of pyridine rings is 1. The third-order valence-electron chi connectivity index (χ3n) is 4.34. The van der Waals surface area contributed by atoms with Gasteiger partial charge in [0.2, 0.25) is 0 Å². The predicted octanol–water partition coefficient (Wildman–Crippen LogP) is 2.67. The van der Waals surface area contributed by atoms with Crippen LogP contribution in [0.4, 0.5) is 0 Å². The van der Waals surface area contributed by atoms with Gasteiger partial charge in [0.15, 0.2) is 0 Å². The zero-order valence-electron chi connectivity index (χ0n) is 14.7. The van der Waals surface area contributed by atoms with Gasteiger partial charge in [0.25, 0.3) is 11.8 Å². The average molecular weight is 337 g/mol. The van der Waals surface area contributed by atoms with Crippen LogP contribution in [0.25, 0.3) is 0 Å². The van der Waals surface area contributed by atoms with Gasteiger partial charge in [-0.05, 0) is 29.5 Å². The molecule has 5 heteroatoms. The number of aromatic nitrogens is 1. The summed E-state index contributed by atoms with van der Waals surface area (Å²) in [6.07, 6.45) is 3.88. The fraction of sp³-hybridized carbons (Fsp3) is 0.350. The summed E-state index contributed by atoms with van der Waals surface area (Å²) in [6, 6.07) is 9.82. The lowest BCUT2D eigenvalue weighted by Crippen LogP contribution is -2.36. The summed E-state index contributed by atoms with van der Waals surface area (Å²) >= 11 is 0. The van der Waals surface area contributed by atoms with Crippen molar-refractivity contribution in [3.05, 3.63) is 65.0 Å². The summed E-state index contributed by atoms with van der Waals surface area (Å²) in [7, 11) is 0. The normalized spacial score (nSPS) is 13.5. The minimum Gasteiger partial charge on any atom is -0.352 e. The van der Waals surface area contributed by atoms with E-state index in [4.69, 9.17) is 0 Å². The highest BCUT2D eigenvalue weighted by Gasteiger charge is 2.22. The Kier molecular flexibility index (Phi) is 5.12. The van der Waals surface area contributed by atoms with E-state index in [-0.39, 0.29) is 11.8 Å². The minimum absolute atomic E-state index is 0.0829. The van der Waals surface area contributed by atoms with Crippen LogP contribution in [-0.2, 0) is 13.0 Å². The highest BCUT2D eigenvalue weighted by Crippen LogP contribution is 2.20. The molecule has 130 valence electrons. The van der Waals surface area contributed by atoms with Crippen molar-refractivity contribution >= 4 is 11.8 Å². The van der Waals surface area contributed by atoms with Crippen molar-refractivity contribution in [3.8, 4) is 0 Å². The molecule has 0 radical (unpaired) electrons. The third-order valence-corrected chi connectivity index (χ3v) is 4.34. The molecule has 1 N–H and O–H groups in total.